The van der Waals surface area contributed by atoms with Crippen LogP contribution in [0.25, 0.3) is 0 Å². The minimum absolute atomic E-state index is 0.207. The Balaban J connectivity index is 1.39. The summed E-state index contributed by atoms with van der Waals surface area (Å²) in [5.74, 6) is -0.524. The molecule has 32 heavy (non-hydrogen) atoms. The lowest BCUT2D eigenvalue weighted by Gasteiger charge is -2.29. The zero-order valence-corrected chi connectivity index (χ0v) is 18.0. The molecule has 1 atom stereocenters. The first-order chi connectivity index (χ1) is 15.4. The molecule has 2 aromatic rings. The molecule has 0 bridgehead atoms. The molecule has 2 aliphatic rings. The lowest BCUT2D eigenvalue weighted by molar-refractivity contribution is -0.136. The summed E-state index contributed by atoms with van der Waals surface area (Å²) in [7, 11) is 1.50. The van der Waals surface area contributed by atoms with Gasteiger partial charge >= 0.3 is 6.03 Å². The molecule has 1 unspecified atom stereocenters. The molecular weight excluding hydrogens is 436 g/mol. The quantitative estimate of drug-likeness (QED) is 0.597. The first-order valence-electron chi connectivity index (χ1n) is 10.0. The highest BCUT2D eigenvalue weighted by Gasteiger charge is 2.39. The maximum Gasteiger partial charge on any atom is 0.319 e. The van der Waals surface area contributed by atoms with Gasteiger partial charge in [-0.3, -0.25) is 19.7 Å². The number of hydrogen-bond donors (Lipinski definition) is 3. The number of urea groups is 1. The SMILES string of the molecule is COc1ccc(Cl)cc1NC(=O)NCc1ccc2c(c1)CN(C1CCC(=O)NC1=O)C2=O. The van der Waals surface area contributed by atoms with Crippen molar-refractivity contribution < 1.29 is 23.9 Å². The van der Waals surface area contributed by atoms with Crippen LogP contribution in [0.5, 0.6) is 5.75 Å². The van der Waals surface area contributed by atoms with Crippen LogP contribution in [0, 0.1) is 0 Å². The number of rotatable bonds is 5. The highest BCUT2D eigenvalue weighted by atomic mass is 35.5. The van der Waals surface area contributed by atoms with Gasteiger partial charge in [-0.15, -0.1) is 0 Å². The third-order valence-electron chi connectivity index (χ3n) is 5.45. The van der Waals surface area contributed by atoms with Gasteiger partial charge in [0.05, 0.1) is 12.8 Å². The summed E-state index contributed by atoms with van der Waals surface area (Å²) in [5, 5.41) is 8.20. The van der Waals surface area contributed by atoms with E-state index in [-0.39, 0.29) is 31.3 Å². The van der Waals surface area contributed by atoms with E-state index in [1.54, 1.807) is 30.3 Å². The van der Waals surface area contributed by atoms with E-state index in [4.69, 9.17) is 16.3 Å². The highest BCUT2D eigenvalue weighted by Crippen LogP contribution is 2.29. The molecule has 2 aromatic carbocycles. The smallest absolute Gasteiger partial charge is 0.319 e. The van der Waals surface area contributed by atoms with E-state index in [9.17, 15) is 19.2 Å². The van der Waals surface area contributed by atoms with Gasteiger partial charge in [0.25, 0.3) is 5.91 Å². The number of amides is 5. The van der Waals surface area contributed by atoms with Gasteiger partial charge in [-0.05, 0) is 41.8 Å². The number of methoxy groups -OCH3 is 1. The Morgan fingerprint density at radius 1 is 1.22 bits per heavy atom. The zero-order valence-electron chi connectivity index (χ0n) is 17.2. The standard InChI is InChI=1S/C22H21ClN4O5/c1-32-18-6-3-14(23)9-16(18)25-22(31)24-10-12-2-4-15-13(8-12)11-27(21(15)30)17-5-7-19(28)26-20(17)29/h2-4,6,8-9,17H,5,7,10-11H2,1H3,(H2,24,25,31)(H,26,28,29). The van der Waals surface area contributed by atoms with E-state index in [1.807, 2.05) is 6.07 Å². The van der Waals surface area contributed by atoms with E-state index in [0.717, 1.165) is 11.1 Å². The summed E-state index contributed by atoms with van der Waals surface area (Å²) in [6.07, 6.45) is 0.518. The van der Waals surface area contributed by atoms with Gasteiger partial charge in [-0.2, -0.15) is 0 Å². The molecule has 2 aliphatic heterocycles. The van der Waals surface area contributed by atoms with E-state index < -0.39 is 18.0 Å². The van der Waals surface area contributed by atoms with Gasteiger partial charge in [0, 0.05) is 30.1 Å². The summed E-state index contributed by atoms with van der Waals surface area (Å²) in [5.41, 5.74) is 2.54. The molecule has 5 amide bonds. The molecule has 10 heteroatoms. The predicted molar refractivity (Wildman–Crippen MR) is 116 cm³/mol. The van der Waals surface area contributed by atoms with Crippen molar-refractivity contribution in [1.82, 2.24) is 15.5 Å². The molecule has 0 radical (unpaired) electrons. The third-order valence-corrected chi connectivity index (χ3v) is 5.69. The predicted octanol–water partition coefficient (Wildman–Crippen LogP) is 2.43. The van der Waals surface area contributed by atoms with E-state index in [2.05, 4.69) is 16.0 Å². The molecule has 9 nitrogen and oxygen atoms in total. The van der Waals surface area contributed by atoms with Gasteiger partial charge in [-0.1, -0.05) is 23.7 Å². The normalized spacial score (nSPS) is 17.6. The number of carbonyl (C=O) groups is 4. The van der Waals surface area contributed by atoms with Crippen molar-refractivity contribution in [2.45, 2.75) is 32.0 Å². The minimum Gasteiger partial charge on any atom is -0.495 e. The molecular formula is C22H21ClN4O5. The van der Waals surface area contributed by atoms with Gasteiger partial charge in [0.2, 0.25) is 11.8 Å². The Kier molecular flexibility index (Phi) is 6.00. The average Bonchev–Trinajstić information content (AvgIpc) is 3.08. The van der Waals surface area contributed by atoms with Crippen LogP contribution < -0.4 is 20.7 Å². The van der Waals surface area contributed by atoms with Crippen molar-refractivity contribution in [3.8, 4) is 5.75 Å². The van der Waals surface area contributed by atoms with E-state index >= 15 is 0 Å². The van der Waals surface area contributed by atoms with Gasteiger partial charge in [0.1, 0.15) is 11.8 Å². The molecule has 166 valence electrons. The lowest BCUT2D eigenvalue weighted by Crippen LogP contribution is -2.52. The Morgan fingerprint density at radius 2 is 2.03 bits per heavy atom. The average molecular weight is 457 g/mol. The topological polar surface area (TPSA) is 117 Å². The summed E-state index contributed by atoms with van der Waals surface area (Å²) < 4.78 is 5.21. The number of benzene rings is 2. The number of carbonyl (C=O) groups excluding carboxylic acids is 4. The molecule has 1 saturated heterocycles. The highest BCUT2D eigenvalue weighted by molar-refractivity contribution is 6.31. The number of ether oxygens (including phenoxy) is 1. The largest absolute Gasteiger partial charge is 0.495 e. The Hall–Kier alpha value is -3.59. The summed E-state index contributed by atoms with van der Waals surface area (Å²) in [4.78, 5) is 50.1. The maximum absolute atomic E-state index is 12.8. The number of nitrogens with zero attached hydrogens (tertiary/aromatic N) is 1. The number of imide groups is 1. The Labute approximate surface area is 189 Å². The summed E-state index contributed by atoms with van der Waals surface area (Å²) >= 11 is 5.98. The van der Waals surface area contributed by atoms with Crippen molar-refractivity contribution >= 4 is 41.0 Å². The van der Waals surface area contributed by atoms with Crippen molar-refractivity contribution in [2.75, 3.05) is 12.4 Å². The van der Waals surface area contributed by atoms with Crippen molar-refractivity contribution in [3.63, 3.8) is 0 Å². The van der Waals surface area contributed by atoms with Crippen LogP contribution in [0.4, 0.5) is 10.5 Å². The van der Waals surface area contributed by atoms with Crippen LogP contribution >= 0.6 is 11.6 Å². The Morgan fingerprint density at radius 3 is 2.78 bits per heavy atom. The number of nitrogens with one attached hydrogen (secondary N) is 3. The van der Waals surface area contributed by atoms with Gasteiger partial charge in [0.15, 0.2) is 0 Å². The molecule has 3 N–H and O–H groups in total. The van der Waals surface area contributed by atoms with Crippen molar-refractivity contribution in [1.29, 1.82) is 0 Å². The molecule has 0 aromatic heterocycles. The number of anilines is 1. The second-order valence-corrected chi connectivity index (χ2v) is 7.98. The maximum atomic E-state index is 12.8. The molecule has 0 saturated carbocycles. The second kappa shape index (κ2) is 8.88. The Bertz CT molecular complexity index is 1120. The molecule has 0 spiro atoms. The van der Waals surface area contributed by atoms with Gasteiger partial charge in [-0.25, -0.2) is 4.79 Å². The van der Waals surface area contributed by atoms with Crippen LogP contribution in [0.1, 0.15) is 34.3 Å². The fourth-order valence-electron chi connectivity index (χ4n) is 3.86. The number of hydrogen-bond acceptors (Lipinski definition) is 5. The second-order valence-electron chi connectivity index (χ2n) is 7.54. The molecule has 1 fully saturated rings. The zero-order chi connectivity index (χ0) is 22.8. The first kappa shape index (κ1) is 21.6. The van der Waals surface area contributed by atoms with E-state index in [1.165, 1.54) is 12.0 Å². The lowest BCUT2D eigenvalue weighted by atomic mass is 10.0. The monoisotopic (exact) mass is 456 g/mol. The number of halogens is 1. The van der Waals surface area contributed by atoms with Crippen LogP contribution in [-0.4, -0.2) is 41.8 Å². The number of fused-ring (bicyclic) bond motifs is 1. The van der Waals surface area contributed by atoms with Gasteiger partial charge < -0.3 is 20.3 Å². The van der Waals surface area contributed by atoms with Crippen LogP contribution in [0.2, 0.25) is 5.02 Å². The molecule has 2 heterocycles. The third kappa shape index (κ3) is 4.38. The fraction of sp³-hybridized carbons (Fsp3) is 0.273. The van der Waals surface area contributed by atoms with E-state index in [0.29, 0.717) is 28.4 Å². The first-order valence-corrected chi connectivity index (χ1v) is 10.4. The minimum atomic E-state index is -0.660. The number of piperidine rings is 1. The summed E-state index contributed by atoms with van der Waals surface area (Å²) in [6.45, 7) is 0.509. The van der Waals surface area contributed by atoms with Crippen LogP contribution in [0.15, 0.2) is 36.4 Å². The van der Waals surface area contributed by atoms with Crippen molar-refractivity contribution in [3.05, 3.63) is 58.1 Å². The molecule has 4 rings (SSSR count). The molecule has 0 aliphatic carbocycles. The van der Waals surface area contributed by atoms with Crippen LogP contribution in [0.3, 0.4) is 0 Å². The fourth-order valence-corrected chi connectivity index (χ4v) is 4.04. The summed E-state index contributed by atoms with van der Waals surface area (Å²) in [6, 6.07) is 9.09. The van der Waals surface area contributed by atoms with Crippen LogP contribution in [-0.2, 0) is 22.7 Å². The van der Waals surface area contributed by atoms with Crippen molar-refractivity contribution in [2.24, 2.45) is 0 Å².